The van der Waals surface area contributed by atoms with Crippen LogP contribution < -0.4 is 5.73 Å². The number of carbonyl (C=O) groups is 1. The van der Waals surface area contributed by atoms with E-state index in [9.17, 15) is 4.79 Å². The first-order valence-electron chi connectivity index (χ1n) is 6.10. The van der Waals surface area contributed by atoms with Gasteiger partial charge in [0, 0.05) is 26.8 Å². The Morgan fingerprint density at radius 1 is 1.56 bits per heavy atom. The van der Waals surface area contributed by atoms with Crippen LogP contribution in [0.25, 0.3) is 0 Å². The normalized spacial score (nSPS) is 17.1. The van der Waals surface area contributed by atoms with Crippen LogP contribution >= 0.6 is 0 Å². The summed E-state index contributed by atoms with van der Waals surface area (Å²) < 4.78 is 6.61. The summed E-state index contributed by atoms with van der Waals surface area (Å²) >= 11 is 0. The molecular weight excluding hydrogens is 234 g/mol. The molecule has 0 aliphatic carbocycles. The molecule has 1 fully saturated rings. The van der Waals surface area contributed by atoms with E-state index in [0.29, 0.717) is 5.92 Å². The summed E-state index contributed by atoms with van der Waals surface area (Å²) in [5.74, 6) is 0.832. The zero-order chi connectivity index (χ0) is 13.0. The second-order valence-corrected chi connectivity index (χ2v) is 4.58. The molecular formula is C11H19N5O2. The first kappa shape index (κ1) is 12.8. The fraction of sp³-hybridized carbons (Fsp3) is 0.727. The number of aromatic nitrogens is 3. The molecule has 1 saturated heterocycles. The maximum absolute atomic E-state index is 12.0. The molecule has 2 N–H and O–H groups in total. The van der Waals surface area contributed by atoms with Gasteiger partial charge >= 0.3 is 0 Å². The Morgan fingerprint density at radius 3 is 2.83 bits per heavy atom. The zero-order valence-corrected chi connectivity index (χ0v) is 10.6. The highest BCUT2D eigenvalue weighted by molar-refractivity contribution is 5.75. The van der Waals surface area contributed by atoms with E-state index in [1.54, 1.807) is 7.11 Å². The van der Waals surface area contributed by atoms with Crippen LogP contribution in [0.4, 0.5) is 5.95 Å². The standard InChI is InChI=1S/C11H19N5O2/c1-18-7-9-2-4-15(5-3-9)10(17)6-16-8-13-11(12)14-16/h8-9H,2-7H2,1H3,(H2,12,14). The Kier molecular flexibility index (Phi) is 4.14. The van der Waals surface area contributed by atoms with Crippen molar-refractivity contribution in [2.24, 2.45) is 5.92 Å². The maximum Gasteiger partial charge on any atom is 0.244 e. The Bertz CT molecular complexity index is 398. The van der Waals surface area contributed by atoms with Gasteiger partial charge in [-0.1, -0.05) is 0 Å². The molecule has 2 heterocycles. The number of nitrogen functional groups attached to an aromatic ring is 1. The fourth-order valence-corrected chi connectivity index (χ4v) is 2.21. The number of carbonyl (C=O) groups excluding carboxylic acids is 1. The molecule has 1 aromatic rings. The minimum atomic E-state index is 0.0655. The monoisotopic (exact) mass is 253 g/mol. The van der Waals surface area contributed by atoms with Crippen LogP contribution in [0.5, 0.6) is 0 Å². The molecule has 1 aliphatic rings. The first-order valence-corrected chi connectivity index (χ1v) is 6.10. The lowest BCUT2D eigenvalue weighted by Crippen LogP contribution is -2.41. The molecule has 0 aromatic carbocycles. The van der Waals surface area contributed by atoms with Gasteiger partial charge in [-0.05, 0) is 18.8 Å². The molecule has 18 heavy (non-hydrogen) atoms. The van der Waals surface area contributed by atoms with Gasteiger partial charge in [-0.2, -0.15) is 0 Å². The van der Waals surface area contributed by atoms with Crippen LogP contribution in [0.15, 0.2) is 6.33 Å². The second-order valence-electron chi connectivity index (χ2n) is 4.58. The topological polar surface area (TPSA) is 86.3 Å². The van der Waals surface area contributed by atoms with Crippen molar-refractivity contribution in [3.8, 4) is 0 Å². The van der Waals surface area contributed by atoms with E-state index in [4.69, 9.17) is 10.5 Å². The van der Waals surface area contributed by atoms with Gasteiger partial charge in [0.2, 0.25) is 11.9 Å². The van der Waals surface area contributed by atoms with Crippen molar-refractivity contribution in [1.29, 1.82) is 0 Å². The number of anilines is 1. The van der Waals surface area contributed by atoms with Crippen LogP contribution in [-0.4, -0.2) is 52.4 Å². The molecule has 7 heteroatoms. The van der Waals surface area contributed by atoms with Gasteiger partial charge in [0.25, 0.3) is 0 Å². The average Bonchev–Trinajstić information content (AvgIpc) is 2.76. The lowest BCUT2D eigenvalue weighted by molar-refractivity contribution is -0.133. The van der Waals surface area contributed by atoms with Gasteiger partial charge in [-0.3, -0.25) is 4.79 Å². The van der Waals surface area contributed by atoms with Crippen molar-refractivity contribution in [3.05, 3.63) is 6.33 Å². The van der Waals surface area contributed by atoms with Gasteiger partial charge < -0.3 is 15.4 Å². The zero-order valence-electron chi connectivity index (χ0n) is 10.6. The van der Waals surface area contributed by atoms with E-state index in [-0.39, 0.29) is 18.4 Å². The fourth-order valence-electron chi connectivity index (χ4n) is 2.21. The van der Waals surface area contributed by atoms with Crippen molar-refractivity contribution >= 4 is 11.9 Å². The average molecular weight is 253 g/mol. The molecule has 0 radical (unpaired) electrons. The number of nitrogens with two attached hydrogens (primary N) is 1. The Morgan fingerprint density at radius 2 is 2.28 bits per heavy atom. The Balaban J connectivity index is 1.80. The highest BCUT2D eigenvalue weighted by Gasteiger charge is 2.22. The Labute approximate surface area is 106 Å². The molecule has 1 aliphatic heterocycles. The van der Waals surface area contributed by atoms with E-state index < -0.39 is 0 Å². The van der Waals surface area contributed by atoms with E-state index in [2.05, 4.69) is 10.1 Å². The molecule has 0 unspecified atom stereocenters. The summed E-state index contributed by atoms with van der Waals surface area (Å²) in [6.07, 6.45) is 3.48. The molecule has 2 rings (SSSR count). The third-order valence-corrected chi connectivity index (χ3v) is 3.22. The van der Waals surface area contributed by atoms with Crippen molar-refractivity contribution in [2.75, 3.05) is 32.5 Å². The number of likely N-dealkylation sites (tertiary alicyclic amines) is 1. The van der Waals surface area contributed by atoms with Gasteiger partial charge in [0.15, 0.2) is 0 Å². The number of ether oxygens (including phenoxy) is 1. The number of rotatable bonds is 4. The SMILES string of the molecule is COCC1CCN(C(=O)Cn2cnc(N)n2)CC1. The Hall–Kier alpha value is -1.63. The molecule has 0 atom stereocenters. The smallest absolute Gasteiger partial charge is 0.244 e. The van der Waals surface area contributed by atoms with Gasteiger partial charge in [-0.15, -0.1) is 5.10 Å². The molecule has 7 nitrogen and oxygen atoms in total. The van der Waals surface area contributed by atoms with Crippen LogP contribution in [0.3, 0.4) is 0 Å². The minimum absolute atomic E-state index is 0.0655. The molecule has 0 spiro atoms. The quantitative estimate of drug-likeness (QED) is 0.799. The minimum Gasteiger partial charge on any atom is -0.384 e. The second kappa shape index (κ2) is 5.81. The first-order chi connectivity index (χ1) is 8.69. The predicted octanol–water partition coefficient (Wildman–Crippen LogP) is -0.255. The summed E-state index contributed by atoms with van der Waals surface area (Å²) in [7, 11) is 1.71. The van der Waals surface area contributed by atoms with Crippen molar-refractivity contribution < 1.29 is 9.53 Å². The van der Waals surface area contributed by atoms with E-state index in [1.807, 2.05) is 4.90 Å². The number of hydrogen-bond acceptors (Lipinski definition) is 5. The number of amides is 1. The predicted molar refractivity (Wildman–Crippen MR) is 65.6 cm³/mol. The lowest BCUT2D eigenvalue weighted by atomic mass is 9.98. The number of piperidine rings is 1. The van der Waals surface area contributed by atoms with Crippen LogP contribution in [-0.2, 0) is 16.1 Å². The van der Waals surface area contributed by atoms with E-state index in [1.165, 1.54) is 11.0 Å². The summed E-state index contributed by atoms with van der Waals surface area (Å²) in [5.41, 5.74) is 5.40. The summed E-state index contributed by atoms with van der Waals surface area (Å²) in [4.78, 5) is 17.7. The number of nitrogens with zero attached hydrogens (tertiary/aromatic N) is 4. The number of methoxy groups -OCH3 is 1. The van der Waals surface area contributed by atoms with Gasteiger partial charge in [0.05, 0.1) is 0 Å². The number of hydrogen-bond donors (Lipinski definition) is 1. The van der Waals surface area contributed by atoms with E-state index in [0.717, 1.165) is 32.5 Å². The van der Waals surface area contributed by atoms with Crippen LogP contribution in [0.1, 0.15) is 12.8 Å². The van der Waals surface area contributed by atoms with Crippen molar-refractivity contribution in [2.45, 2.75) is 19.4 Å². The molecule has 1 amide bonds. The maximum atomic E-state index is 12.0. The highest BCUT2D eigenvalue weighted by atomic mass is 16.5. The molecule has 0 bridgehead atoms. The van der Waals surface area contributed by atoms with Crippen molar-refractivity contribution in [3.63, 3.8) is 0 Å². The van der Waals surface area contributed by atoms with Crippen LogP contribution in [0.2, 0.25) is 0 Å². The van der Waals surface area contributed by atoms with Gasteiger partial charge in [0.1, 0.15) is 12.9 Å². The lowest BCUT2D eigenvalue weighted by Gasteiger charge is -2.31. The molecule has 1 aromatic heterocycles. The van der Waals surface area contributed by atoms with Crippen LogP contribution in [0, 0.1) is 5.92 Å². The summed E-state index contributed by atoms with van der Waals surface area (Å²) in [5, 5.41) is 3.91. The van der Waals surface area contributed by atoms with Crippen molar-refractivity contribution in [1.82, 2.24) is 19.7 Å². The summed E-state index contributed by atoms with van der Waals surface area (Å²) in [6.45, 7) is 2.56. The van der Waals surface area contributed by atoms with Gasteiger partial charge in [-0.25, -0.2) is 9.67 Å². The largest absolute Gasteiger partial charge is 0.384 e. The third-order valence-electron chi connectivity index (χ3n) is 3.22. The third kappa shape index (κ3) is 3.19. The van der Waals surface area contributed by atoms with E-state index >= 15 is 0 Å². The summed E-state index contributed by atoms with van der Waals surface area (Å²) in [6, 6.07) is 0. The highest BCUT2D eigenvalue weighted by Crippen LogP contribution is 2.17. The molecule has 100 valence electrons. The molecule has 0 saturated carbocycles.